The Morgan fingerprint density at radius 2 is 1.04 bits per heavy atom. The van der Waals surface area contributed by atoms with Crippen molar-refractivity contribution in [3.05, 3.63) is 0 Å². The largest absolute Gasteiger partial charge is 0.397 e. The third kappa shape index (κ3) is 15.2. The van der Waals surface area contributed by atoms with E-state index in [1.54, 1.807) is 0 Å². The van der Waals surface area contributed by atoms with Gasteiger partial charge in [0.2, 0.25) is 11.8 Å². The molecule has 5 fully saturated rings. The molecule has 34 nitrogen and oxygen atoms in total. The van der Waals surface area contributed by atoms with Crippen molar-refractivity contribution in [2.45, 2.75) is 206 Å². The van der Waals surface area contributed by atoms with Crippen molar-refractivity contribution in [2.75, 3.05) is 33.0 Å². The van der Waals surface area contributed by atoms with E-state index in [1.807, 2.05) is 0 Å². The molecule has 0 saturated carbocycles. The summed E-state index contributed by atoms with van der Waals surface area (Å²) in [5.41, 5.74) is 0. The normalized spacial score (nSPS) is 44.5. The maximum atomic E-state index is 12.5. The summed E-state index contributed by atoms with van der Waals surface area (Å²) in [6, 6.07) is -3.56. The average molecular weight is 1120 g/mol. The summed E-state index contributed by atoms with van der Waals surface area (Å²) in [6.07, 6.45) is -52.6. The number of aliphatic hydroxyl groups is 16. The number of rotatable bonds is 22. The lowest BCUT2D eigenvalue weighted by atomic mass is 9.95. The van der Waals surface area contributed by atoms with Gasteiger partial charge in [-0.3, -0.25) is 14.1 Å². The number of hydrogen-bond acceptors (Lipinski definition) is 31. The van der Waals surface area contributed by atoms with E-state index in [-0.39, 0.29) is 0 Å². The highest BCUT2D eigenvalue weighted by Crippen LogP contribution is 2.36. The van der Waals surface area contributed by atoms with Crippen molar-refractivity contribution in [2.24, 2.45) is 0 Å². The third-order valence-electron chi connectivity index (χ3n) is 13.0. The number of carbonyl (C=O) groups excluding carboxylic acids is 2. The molecular formula is C40H70N2O32S. The van der Waals surface area contributed by atoms with E-state index >= 15 is 0 Å². The van der Waals surface area contributed by atoms with Crippen LogP contribution in [0.3, 0.4) is 0 Å². The molecule has 0 aromatic carbocycles. The zero-order valence-electron chi connectivity index (χ0n) is 40.4. The first-order valence-electron chi connectivity index (χ1n) is 23.4. The van der Waals surface area contributed by atoms with Crippen LogP contribution in [0.5, 0.6) is 0 Å². The summed E-state index contributed by atoms with van der Waals surface area (Å²) in [7, 11) is -5.57. The van der Waals surface area contributed by atoms with Gasteiger partial charge in [0, 0.05) is 13.8 Å². The first-order chi connectivity index (χ1) is 35.1. The van der Waals surface area contributed by atoms with Crippen molar-refractivity contribution >= 4 is 22.2 Å². The maximum absolute atomic E-state index is 12.5. The minimum atomic E-state index is -5.57. The Morgan fingerprint density at radius 1 is 0.547 bits per heavy atom. The van der Waals surface area contributed by atoms with Gasteiger partial charge in [0.15, 0.2) is 31.5 Å². The molecule has 5 heterocycles. The Labute approximate surface area is 426 Å². The molecular weight excluding hydrogens is 1050 g/mol. The molecule has 35 heteroatoms. The Kier molecular flexibility index (Phi) is 23.1. The molecule has 0 unspecified atom stereocenters. The number of aliphatic hydroxyl groups excluding tert-OH is 16. The third-order valence-corrected chi connectivity index (χ3v) is 13.5. The maximum Gasteiger partial charge on any atom is 0.397 e. The van der Waals surface area contributed by atoms with E-state index < -0.39 is 233 Å². The molecule has 0 bridgehead atoms. The highest BCUT2D eigenvalue weighted by atomic mass is 32.3. The predicted molar refractivity (Wildman–Crippen MR) is 232 cm³/mol. The lowest BCUT2D eigenvalue weighted by Crippen LogP contribution is -2.68. The summed E-state index contributed by atoms with van der Waals surface area (Å²) in [5.74, 6) is -1.76. The van der Waals surface area contributed by atoms with Crippen LogP contribution in [0.15, 0.2) is 0 Å². The second kappa shape index (κ2) is 27.3. The van der Waals surface area contributed by atoms with Crippen molar-refractivity contribution in [3.8, 4) is 0 Å². The smallest absolute Gasteiger partial charge is 0.394 e. The number of carbonyl (C=O) groups is 2. The molecule has 0 radical (unpaired) electrons. The second-order valence-electron chi connectivity index (χ2n) is 18.5. The van der Waals surface area contributed by atoms with E-state index in [0.29, 0.717) is 0 Å². The summed E-state index contributed by atoms with van der Waals surface area (Å²) >= 11 is 0. The number of hydrogen-bond donors (Lipinski definition) is 19. The van der Waals surface area contributed by atoms with Crippen LogP contribution >= 0.6 is 0 Å². The van der Waals surface area contributed by atoms with E-state index in [1.165, 1.54) is 13.8 Å². The molecule has 0 spiro atoms. The molecule has 29 atom stereocenters. The number of ether oxygens (including phenoxy) is 10. The van der Waals surface area contributed by atoms with Crippen molar-refractivity contribution in [1.29, 1.82) is 0 Å². The van der Waals surface area contributed by atoms with Gasteiger partial charge in [0.1, 0.15) is 128 Å². The van der Waals surface area contributed by atoms with E-state index in [4.69, 9.17) is 47.4 Å². The standard InChI is InChI=1S/C40H70N2O32S/c1-10-20(50)26(56)29(59)37(65-10)72-34-28(58)23(53)16(6-44)67-39(34)71-32-18(8-46)69-36(19(25(32)55)42-13(4)48)64-9-15(49)22(52)31(14(5-43)41-12(3)47)70-40-35(73-38-30(60)27(57)21(51)11(2)66-38)33(74-75(61,62)63)24(54)17(7-45)68-40/h10-11,14-40,43-46,49-60H,5-9H2,1-4H3,(H,41,47)(H,42,48)(H,61,62,63)/t10-,11-,14-,15+,16+,17+,18+,19+,20+,21+,22-,23-,24-,25+,26+,27+,28-,29-,30-,31+,32+,33-,34+,35+,36+,37-,38-,39-,40-/m0/s1. The van der Waals surface area contributed by atoms with Gasteiger partial charge in [-0.15, -0.1) is 0 Å². The fourth-order valence-electron chi connectivity index (χ4n) is 8.91. The molecule has 2 amide bonds. The Hall–Kier alpha value is -2.23. The Morgan fingerprint density at radius 3 is 1.53 bits per heavy atom. The minimum Gasteiger partial charge on any atom is -0.394 e. The topological polar surface area (TPSA) is 538 Å². The highest BCUT2D eigenvalue weighted by molar-refractivity contribution is 7.80. The highest BCUT2D eigenvalue weighted by Gasteiger charge is 2.57. The summed E-state index contributed by atoms with van der Waals surface area (Å²) in [5, 5.41) is 176. The quantitative estimate of drug-likeness (QED) is 0.0448. The zero-order valence-corrected chi connectivity index (χ0v) is 41.2. The molecule has 0 aliphatic carbocycles. The van der Waals surface area contributed by atoms with Crippen LogP contribution in [0.25, 0.3) is 0 Å². The van der Waals surface area contributed by atoms with Crippen LogP contribution in [-0.2, 0) is 71.5 Å². The Balaban J connectivity index is 1.41. The summed E-state index contributed by atoms with van der Waals surface area (Å²) in [4.78, 5) is 24.9. The molecule has 75 heavy (non-hydrogen) atoms. The molecule has 5 aliphatic heterocycles. The molecule has 19 N–H and O–H groups in total. The van der Waals surface area contributed by atoms with Crippen LogP contribution < -0.4 is 10.6 Å². The SMILES string of the molecule is CC(=O)N[C@H]1[C@H](OC[C@@H](O)[C@H](O)[C@H](O[C@@H]2O[C@H](CO)[C@H](O)[C@H](OS(=O)(=O)O)[C@H]2O[C@@H]2O[C@@H](C)[C@@H](O)[C@@H](O)[C@@H]2O)[C@H](CO)NC(C)=O)O[C@H](CO)[C@@H](O[C@@H]2O[C@H](CO)[C@H](O)[C@H](O)[C@H]2O[C@@H]2O[C@@H](C)[C@@H](O)[C@@H](O)[C@@H]2O)[C@@H]1O. The van der Waals surface area contributed by atoms with Gasteiger partial charge >= 0.3 is 10.4 Å². The second-order valence-corrected chi connectivity index (χ2v) is 19.5. The first-order valence-corrected chi connectivity index (χ1v) is 24.8. The van der Waals surface area contributed by atoms with Gasteiger partial charge in [-0.2, -0.15) is 8.42 Å². The minimum absolute atomic E-state index is 0.863. The van der Waals surface area contributed by atoms with Gasteiger partial charge in [-0.1, -0.05) is 0 Å². The summed E-state index contributed by atoms with van der Waals surface area (Å²) < 4.78 is 95.5. The Bertz CT molecular complexity index is 1920. The van der Waals surface area contributed by atoms with Gasteiger partial charge in [0.05, 0.1) is 51.3 Å². The van der Waals surface area contributed by atoms with E-state index in [2.05, 4.69) is 14.8 Å². The number of nitrogens with one attached hydrogen (secondary N) is 2. The van der Waals surface area contributed by atoms with Crippen LogP contribution in [0.2, 0.25) is 0 Å². The van der Waals surface area contributed by atoms with Gasteiger partial charge < -0.3 is 140 Å². The lowest BCUT2D eigenvalue weighted by Gasteiger charge is -2.49. The average Bonchev–Trinajstić information content (AvgIpc) is 3.35. The van der Waals surface area contributed by atoms with E-state index in [9.17, 15) is 104 Å². The van der Waals surface area contributed by atoms with Crippen LogP contribution in [-0.4, -0.2) is 317 Å². The molecule has 5 rings (SSSR count). The molecule has 0 aromatic heterocycles. The van der Waals surface area contributed by atoms with Crippen LogP contribution in [0.1, 0.15) is 27.7 Å². The van der Waals surface area contributed by atoms with Crippen molar-refractivity contribution in [1.82, 2.24) is 10.6 Å². The summed E-state index contributed by atoms with van der Waals surface area (Å²) in [6.45, 7) is -0.943. The first kappa shape index (κ1) is 63.6. The van der Waals surface area contributed by atoms with Crippen LogP contribution in [0, 0.1) is 0 Å². The predicted octanol–water partition coefficient (Wildman–Crippen LogP) is -12.3. The number of amides is 2. The molecule has 438 valence electrons. The van der Waals surface area contributed by atoms with Crippen molar-refractivity contribution < 1.29 is 156 Å². The molecule has 0 aromatic rings. The van der Waals surface area contributed by atoms with Crippen molar-refractivity contribution in [3.63, 3.8) is 0 Å². The van der Waals surface area contributed by atoms with Gasteiger partial charge in [-0.05, 0) is 13.8 Å². The van der Waals surface area contributed by atoms with Crippen LogP contribution in [0.4, 0.5) is 0 Å². The fraction of sp³-hybridized carbons (Fsp3) is 0.950. The molecule has 5 saturated heterocycles. The lowest BCUT2D eigenvalue weighted by molar-refractivity contribution is -0.383. The van der Waals surface area contributed by atoms with Gasteiger partial charge in [-0.25, -0.2) is 4.18 Å². The molecule has 5 aliphatic rings. The van der Waals surface area contributed by atoms with Gasteiger partial charge in [0.25, 0.3) is 0 Å². The van der Waals surface area contributed by atoms with E-state index in [0.717, 1.165) is 13.8 Å². The fourth-order valence-corrected chi connectivity index (χ4v) is 9.41. The zero-order chi connectivity index (χ0) is 56.1. The monoisotopic (exact) mass is 1120 g/mol.